The number of aliphatic hydroxyl groups is 1. The van der Waals surface area contributed by atoms with Gasteiger partial charge < -0.3 is 14.6 Å². The van der Waals surface area contributed by atoms with Crippen LogP contribution in [0.3, 0.4) is 0 Å². The van der Waals surface area contributed by atoms with E-state index in [-0.39, 0.29) is 0 Å². The van der Waals surface area contributed by atoms with E-state index < -0.39 is 34.5 Å². The smallest absolute Gasteiger partial charge is 0.331 e. The molecule has 0 aromatic heterocycles. The number of esters is 2. The molecule has 2 aromatic carbocycles. The predicted octanol–water partition coefficient (Wildman–Crippen LogP) is 3.39. The molecule has 1 aliphatic heterocycles. The highest BCUT2D eigenvalue weighted by Gasteiger charge is 2.69. The molecule has 6 heteroatoms. The van der Waals surface area contributed by atoms with Gasteiger partial charge in [0.05, 0.1) is 5.25 Å². The molecule has 1 N–H and O–H groups in total. The SMILES string of the molecule is CC1(C)OC(=O)C2(C(=O)O1)[C@H](O)c1ccccc1[C@@H]2Sc1ccccc1. The van der Waals surface area contributed by atoms with Crippen LogP contribution < -0.4 is 0 Å². The molecule has 1 spiro atoms. The molecule has 26 heavy (non-hydrogen) atoms. The molecule has 0 amide bonds. The molecule has 2 aliphatic rings. The number of carbonyl (C=O) groups excluding carboxylic acids is 2. The molecular weight excluding hydrogens is 352 g/mol. The molecule has 1 heterocycles. The first-order chi connectivity index (χ1) is 12.4. The molecule has 0 saturated carbocycles. The Kier molecular flexibility index (Phi) is 3.86. The second-order valence-electron chi connectivity index (χ2n) is 6.89. The van der Waals surface area contributed by atoms with Crippen LogP contribution in [-0.2, 0) is 19.1 Å². The minimum Gasteiger partial charge on any atom is -0.422 e. The van der Waals surface area contributed by atoms with Gasteiger partial charge in [0.25, 0.3) is 5.79 Å². The van der Waals surface area contributed by atoms with Crippen molar-refractivity contribution in [3.05, 3.63) is 65.7 Å². The molecule has 5 nitrogen and oxygen atoms in total. The number of hydrogen-bond acceptors (Lipinski definition) is 6. The van der Waals surface area contributed by atoms with Gasteiger partial charge in [-0.2, -0.15) is 0 Å². The number of carbonyl (C=O) groups is 2. The van der Waals surface area contributed by atoms with Crippen LogP contribution in [-0.4, -0.2) is 22.8 Å². The van der Waals surface area contributed by atoms with Crippen molar-refractivity contribution in [1.82, 2.24) is 0 Å². The third-order valence-electron chi connectivity index (χ3n) is 4.77. The zero-order chi connectivity index (χ0) is 18.5. The summed E-state index contributed by atoms with van der Waals surface area (Å²) in [7, 11) is 0. The fourth-order valence-electron chi connectivity index (χ4n) is 3.58. The van der Waals surface area contributed by atoms with Crippen LogP contribution in [0.1, 0.15) is 36.3 Å². The highest BCUT2D eigenvalue weighted by atomic mass is 32.2. The number of fused-ring (bicyclic) bond motifs is 1. The summed E-state index contributed by atoms with van der Waals surface area (Å²) in [6, 6.07) is 16.6. The van der Waals surface area contributed by atoms with Gasteiger partial charge in [0, 0.05) is 18.7 Å². The summed E-state index contributed by atoms with van der Waals surface area (Å²) in [5.41, 5.74) is -0.531. The maximum absolute atomic E-state index is 13.0. The molecule has 1 saturated heterocycles. The monoisotopic (exact) mass is 370 g/mol. The lowest BCUT2D eigenvalue weighted by Gasteiger charge is -2.42. The average molecular weight is 370 g/mol. The highest BCUT2D eigenvalue weighted by Crippen LogP contribution is 2.63. The molecular formula is C20H18O5S. The van der Waals surface area contributed by atoms with Gasteiger partial charge in [-0.3, -0.25) is 9.59 Å². The number of benzene rings is 2. The Morgan fingerprint density at radius 3 is 2.04 bits per heavy atom. The summed E-state index contributed by atoms with van der Waals surface area (Å²) >= 11 is 1.35. The van der Waals surface area contributed by atoms with Crippen LogP contribution in [0, 0.1) is 5.41 Å². The van der Waals surface area contributed by atoms with Crippen molar-refractivity contribution < 1.29 is 24.2 Å². The topological polar surface area (TPSA) is 72.8 Å². The summed E-state index contributed by atoms with van der Waals surface area (Å²) in [6.07, 6.45) is -1.32. The van der Waals surface area contributed by atoms with Gasteiger partial charge in [-0.15, -0.1) is 11.8 Å². The summed E-state index contributed by atoms with van der Waals surface area (Å²) in [6.45, 7) is 3.01. The first kappa shape index (κ1) is 17.1. The molecule has 134 valence electrons. The summed E-state index contributed by atoms with van der Waals surface area (Å²) in [4.78, 5) is 26.9. The Morgan fingerprint density at radius 1 is 0.885 bits per heavy atom. The minimum atomic E-state index is -1.82. The molecule has 0 unspecified atom stereocenters. The Hall–Kier alpha value is -2.31. The second kappa shape index (κ2) is 5.86. The van der Waals surface area contributed by atoms with Crippen molar-refractivity contribution in [2.45, 2.75) is 35.9 Å². The van der Waals surface area contributed by atoms with Gasteiger partial charge in [0.2, 0.25) is 5.41 Å². The van der Waals surface area contributed by atoms with E-state index >= 15 is 0 Å². The van der Waals surface area contributed by atoms with Gasteiger partial charge in [0.1, 0.15) is 6.10 Å². The van der Waals surface area contributed by atoms with E-state index in [1.807, 2.05) is 42.5 Å². The zero-order valence-corrected chi connectivity index (χ0v) is 15.2. The lowest BCUT2D eigenvalue weighted by atomic mass is 9.81. The van der Waals surface area contributed by atoms with Gasteiger partial charge in [-0.05, 0) is 23.3 Å². The van der Waals surface area contributed by atoms with E-state index in [1.54, 1.807) is 12.1 Å². The first-order valence-electron chi connectivity index (χ1n) is 8.32. The lowest BCUT2D eigenvalue weighted by molar-refractivity contribution is -0.257. The van der Waals surface area contributed by atoms with Crippen LogP contribution in [0.4, 0.5) is 0 Å². The van der Waals surface area contributed by atoms with Crippen molar-refractivity contribution in [1.29, 1.82) is 0 Å². The van der Waals surface area contributed by atoms with Crippen molar-refractivity contribution in [3.63, 3.8) is 0 Å². The Morgan fingerprint density at radius 2 is 1.42 bits per heavy atom. The van der Waals surface area contributed by atoms with Crippen molar-refractivity contribution in [2.24, 2.45) is 5.41 Å². The van der Waals surface area contributed by atoms with E-state index in [0.29, 0.717) is 5.56 Å². The molecule has 1 aliphatic carbocycles. The molecule has 4 rings (SSSR count). The number of ether oxygens (including phenoxy) is 2. The Labute approximate surface area is 155 Å². The molecule has 0 bridgehead atoms. The van der Waals surface area contributed by atoms with E-state index in [0.717, 1.165) is 10.5 Å². The molecule has 2 atom stereocenters. The standard InChI is InChI=1S/C20H18O5S/c1-19(2)24-17(22)20(18(23)25-19)15(21)13-10-6-7-11-14(13)16(20)26-12-8-4-3-5-9-12/h3-11,15-16,21H,1-2H3/t15-,16+/m1/s1. The third kappa shape index (κ3) is 2.36. The van der Waals surface area contributed by atoms with Crippen LogP contribution in [0.5, 0.6) is 0 Å². The van der Waals surface area contributed by atoms with E-state index in [9.17, 15) is 14.7 Å². The Balaban J connectivity index is 1.87. The van der Waals surface area contributed by atoms with Crippen LogP contribution in [0.2, 0.25) is 0 Å². The van der Waals surface area contributed by atoms with Crippen molar-refractivity contribution in [2.75, 3.05) is 0 Å². The molecule has 2 aromatic rings. The normalized spacial score (nSPS) is 25.5. The zero-order valence-electron chi connectivity index (χ0n) is 14.3. The van der Waals surface area contributed by atoms with Gasteiger partial charge in [-0.25, -0.2) is 0 Å². The minimum absolute atomic E-state index is 0.550. The maximum Gasteiger partial charge on any atom is 0.331 e. The van der Waals surface area contributed by atoms with Crippen molar-refractivity contribution in [3.8, 4) is 0 Å². The van der Waals surface area contributed by atoms with Crippen LogP contribution >= 0.6 is 11.8 Å². The number of thioether (sulfide) groups is 1. The summed E-state index contributed by atoms with van der Waals surface area (Å²) < 4.78 is 10.8. The number of cyclic esters (lactones) is 2. The van der Waals surface area contributed by atoms with Crippen LogP contribution in [0.25, 0.3) is 0 Å². The summed E-state index contributed by atoms with van der Waals surface area (Å²) in [5, 5.41) is 10.4. The largest absolute Gasteiger partial charge is 0.422 e. The van der Waals surface area contributed by atoms with E-state index in [2.05, 4.69) is 0 Å². The van der Waals surface area contributed by atoms with E-state index in [1.165, 1.54) is 25.6 Å². The number of hydrogen-bond donors (Lipinski definition) is 1. The second-order valence-corrected chi connectivity index (χ2v) is 8.07. The third-order valence-corrected chi connectivity index (χ3v) is 6.17. The van der Waals surface area contributed by atoms with E-state index in [4.69, 9.17) is 9.47 Å². The fraction of sp³-hybridized carbons (Fsp3) is 0.300. The number of aliphatic hydroxyl groups excluding tert-OH is 1. The predicted molar refractivity (Wildman–Crippen MR) is 95.1 cm³/mol. The van der Waals surface area contributed by atoms with Gasteiger partial charge in [-0.1, -0.05) is 42.5 Å². The Bertz CT molecular complexity index is 857. The average Bonchev–Trinajstić information content (AvgIpc) is 2.84. The van der Waals surface area contributed by atoms with Crippen molar-refractivity contribution >= 4 is 23.7 Å². The first-order valence-corrected chi connectivity index (χ1v) is 9.20. The molecule has 0 radical (unpaired) electrons. The number of rotatable bonds is 2. The highest BCUT2D eigenvalue weighted by molar-refractivity contribution is 7.99. The maximum atomic E-state index is 13.0. The molecule has 1 fully saturated rings. The quantitative estimate of drug-likeness (QED) is 0.645. The summed E-state index contributed by atoms with van der Waals surface area (Å²) in [5.74, 6) is -2.86. The van der Waals surface area contributed by atoms with Gasteiger partial charge in [0.15, 0.2) is 0 Å². The van der Waals surface area contributed by atoms with Crippen LogP contribution in [0.15, 0.2) is 59.5 Å². The van der Waals surface area contributed by atoms with Gasteiger partial charge >= 0.3 is 11.9 Å². The lowest BCUT2D eigenvalue weighted by Crippen LogP contribution is -2.56. The fourth-order valence-corrected chi connectivity index (χ4v) is 5.02.